The van der Waals surface area contributed by atoms with Gasteiger partial charge in [-0.3, -0.25) is 0 Å². The molecule has 0 saturated carbocycles. The molecule has 0 amide bonds. The Morgan fingerprint density at radius 2 is 1.00 bits per heavy atom. The van der Waals surface area contributed by atoms with Crippen LogP contribution in [0.3, 0.4) is 0 Å². The zero-order chi connectivity index (χ0) is 14.3. The van der Waals surface area contributed by atoms with E-state index in [2.05, 4.69) is 33.7 Å². The molecule has 6 aromatic heterocycles. The van der Waals surface area contributed by atoms with Crippen LogP contribution in [-0.4, -0.2) is 0 Å². The normalized spacial score (nSPS) is 12.5. The minimum atomic E-state index is 1.44. The molecule has 0 aromatic carbocycles. The Morgan fingerprint density at radius 3 is 1.50 bits per heavy atom. The van der Waals surface area contributed by atoms with Crippen LogP contribution in [0.25, 0.3) is 48.7 Å². The van der Waals surface area contributed by atoms with E-state index in [-0.39, 0.29) is 0 Å². The van der Waals surface area contributed by atoms with Crippen molar-refractivity contribution < 1.29 is 0 Å². The Kier molecular flexibility index (Phi) is 2.53. The van der Waals surface area contributed by atoms with Crippen molar-refractivity contribution in [2.24, 2.45) is 0 Å². The predicted octanol–water partition coefficient (Wildman–Crippen LogP) is 8.34. The summed E-state index contributed by atoms with van der Waals surface area (Å²) >= 11 is 11.4. The fraction of sp³-hybridized carbons (Fsp3) is 0. The topological polar surface area (TPSA) is 0 Å². The van der Waals surface area contributed by atoms with Gasteiger partial charge in [-0.15, -0.1) is 68.0 Å². The monoisotopic (exact) mass is 390 g/mol. The zero-order valence-corrected chi connectivity index (χ0v) is 15.8. The first-order valence-electron chi connectivity index (χ1n) is 6.65. The first kappa shape index (κ1) is 12.6. The predicted molar refractivity (Wildman–Crippen MR) is 109 cm³/mol. The summed E-state index contributed by atoms with van der Waals surface area (Å²) < 4.78 is 11.7. The SMILES string of the molecule is c1cc2sc3c(-c4csc5c4sc4ccsc45)csc3c2s1. The fourth-order valence-corrected chi connectivity index (χ4v) is 10.5. The molecule has 106 valence electrons. The van der Waals surface area contributed by atoms with Crippen LogP contribution in [-0.2, 0) is 0 Å². The van der Waals surface area contributed by atoms with Crippen LogP contribution in [0.2, 0.25) is 0 Å². The summed E-state index contributed by atoms with van der Waals surface area (Å²) in [6.07, 6.45) is 0. The van der Waals surface area contributed by atoms with E-state index in [1.807, 2.05) is 68.0 Å². The van der Waals surface area contributed by atoms with Gasteiger partial charge in [-0.1, -0.05) is 0 Å². The van der Waals surface area contributed by atoms with Crippen molar-refractivity contribution >= 4 is 106 Å². The Morgan fingerprint density at radius 1 is 0.500 bits per heavy atom. The lowest BCUT2D eigenvalue weighted by atomic mass is 10.2. The summed E-state index contributed by atoms with van der Waals surface area (Å²) in [7, 11) is 0. The fourth-order valence-electron chi connectivity index (χ4n) is 2.89. The lowest BCUT2D eigenvalue weighted by molar-refractivity contribution is 2.01. The maximum Gasteiger partial charge on any atom is 0.0635 e. The van der Waals surface area contributed by atoms with Crippen LogP contribution >= 0.6 is 68.0 Å². The summed E-state index contributed by atoms with van der Waals surface area (Å²) in [5.41, 5.74) is 2.88. The largest absolute Gasteiger partial charge is 0.141 e. The zero-order valence-electron chi connectivity index (χ0n) is 10.9. The van der Waals surface area contributed by atoms with Gasteiger partial charge < -0.3 is 0 Å². The number of rotatable bonds is 1. The van der Waals surface area contributed by atoms with Crippen molar-refractivity contribution in [1.29, 1.82) is 0 Å². The van der Waals surface area contributed by atoms with Gasteiger partial charge in [-0.2, -0.15) is 0 Å². The summed E-state index contributed by atoms with van der Waals surface area (Å²) in [5.74, 6) is 0. The van der Waals surface area contributed by atoms with Crippen LogP contribution in [0.15, 0.2) is 33.7 Å². The Balaban J connectivity index is 1.73. The molecule has 6 aromatic rings. The van der Waals surface area contributed by atoms with Gasteiger partial charge in [0.2, 0.25) is 0 Å². The molecule has 0 nitrogen and oxygen atoms in total. The molecule has 0 atom stereocenters. The van der Waals surface area contributed by atoms with E-state index >= 15 is 0 Å². The average Bonchev–Trinajstić information content (AvgIpc) is 3.26. The van der Waals surface area contributed by atoms with Crippen molar-refractivity contribution in [2.45, 2.75) is 0 Å². The third-order valence-electron chi connectivity index (χ3n) is 3.88. The molecule has 6 heterocycles. The van der Waals surface area contributed by atoms with Gasteiger partial charge in [0.1, 0.15) is 0 Å². The summed E-state index contributed by atoms with van der Waals surface area (Å²) in [6.45, 7) is 0. The van der Waals surface area contributed by atoms with Gasteiger partial charge in [0.15, 0.2) is 0 Å². The van der Waals surface area contributed by atoms with Gasteiger partial charge in [0.25, 0.3) is 0 Å². The highest BCUT2D eigenvalue weighted by atomic mass is 32.1. The van der Waals surface area contributed by atoms with Crippen molar-refractivity contribution in [2.75, 3.05) is 0 Å². The lowest BCUT2D eigenvalue weighted by Gasteiger charge is -1.92. The molecule has 6 heteroatoms. The van der Waals surface area contributed by atoms with E-state index in [1.54, 1.807) is 0 Å². The molecule has 0 aliphatic carbocycles. The Hall–Kier alpha value is -0.760. The second-order valence-electron chi connectivity index (χ2n) is 5.05. The first-order chi connectivity index (χ1) is 10.9. The molecule has 0 N–H and O–H groups in total. The Bertz CT molecular complexity index is 1180. The van der Waals surface area contributed by atoms with Crippen molar-refractivity contribution in [3.63, 3.8) is 0 Å². The standard InChI is InChI=1S/C16H6S6/c1-3-17-13-9(1)21-11-7(5-19-15(11)13)8-6-20-16-12(8)22-10-2-4-18-14(10)16/h1-6H. The second-order valence-corrected chi connectivity index (χ2v) is 10.7. The average molecular weight is 391 g/mol. The maximum absolute atomic E-state index is 2.36. The molecule has 22 heavy (non-hydrogen) atoms. The number of hydrogen-bond acceptors (Lipinski definition) is 6. The highest BCUT2D eigenvalue weighted by Crippen LogP contribution is 2.51. The third kappa shape index (κ3) is 1.50. The van der Waals surface area contributed by atoms with E-state index < -0.39 is 0 Å². The first-order valence-corrected chi connectivity index (χ1v) is 11.8. The molecule has 6 rings (SSSR count). The minimum absolute atomic E-state index is 1.44. The smallest absolute Gasteiger partial charge is 0.0635 e. The summed E-state index contributed by atoms with van der Waals surface area (Å²) in [4.78, 5) is 0. The molecule has 0 unspecified atom stereocenters. The molecular formula is C16H6S6. The molecule has 0 bridgehead atoms. The summed E-state index contributed by atoms with van der Waals surface area (Å²) in [6, 6.07) is 4.51. The highest BCUT2D eigenvalue weighted by Gasteiger charge is 2.18. The minimum Gasteiger partial charge on any atom is -0.141 e. The van der Waals surface area contributed by atoms with E-state index in [1.165, 1.54) is 48.7 Å². The van der Waals surface area contributed by atoms with Gasteiger partial charge in [0, 0.05) is 31.3 Å². The van der Waals surface area contributed by atoms with Crippen LogP contribution in [0.4, 0.5) is 0 Å². The van der Waals surface area contributed by atoms with Crippen LogP contribution < -0.4 is 0 Å². The number of hydrogen-bond donors (Lipinski definition) is 0. The number of fused-ring (bicyclic) bond motifs is 6. The molecule has 0 fully saturated rings. The van der Waals surface area contributed by atoms with E-state index in [9.17, 15) is 0 Å². The molecule has 0 spiro atoms. The molecule has 0 aliphatic heterocycles. The molecule has 0 radical (unpaired) electrons. The van der Waals surface area contributed by atoms with Crippen molar-refractivity contribution in [3.05, 3.63) is 33.7 Å². The van der Waals surface area contributed by atoms with Gasteiger partial charge in [-0.25, -0.2) is 0 Å². The highest BCUT2D eigenvalue weighted by molar-refractivity contribution is 7.39. The van der Waals surface area contributed by atoms with Crippen molar-refractivity contribution in [1.82, 2.24) is 0 Å². The van der Waals surface area contributed by atoms with E-state index in [0.717, 1.165) is 0 Å². The Labute approximate surface area is 149 Å². The third-order valence-corrected chi connectivity index (χ3v) is 10.9. The van der Waals surface area contributed by atoms with Gasteiger partial charge >= 0.3 is 0 Å². The van der Waals surface area contributed by atoms with E-state index in [0.29, 0.717) is 0 Å². The molecule has 0 aliphatic rings. The summed E-state index contributed by atoms with van der Waals surface area (Å²) in [5, 5.41) is 9.12. The van der Waals surface area contributed by atoms with Gasteiger partial charge in [0.05, 0.1) is 28.2 Å². The second kappa shape index (κ2) is 4.41. The van der Waals surface area contributed by atoms with Crippen LogP contribution in [0.5, 0.6) is 0 Å². The molecular weight excluding hydrogens is 385 g/mol. The molecule has 0 saturated heterocycles. The number of thiophene rings is 6. The quantitative estimate of drug-likeness (QED) is 0.265. The van der Waals surface area contributed by atoms with E-state index in [4.69, 9.17) is 0 Å². The van der Waals surface area contributed by atoms with Gasteiger partial charge in [-0.05, 0) is 22.9 Å². The lowest BCUT2D eigenvalue weighted by Crippen LogP contribution is -1.65. The van der Waals surface area contributed by atoms with Crippen molar-refractivity contribution in [3.8, 4) is 11.1 Å². The van der Waals surface area contributed by atoms with Crippen LogP contribution in [0, 0.1) is 0 Å². The maximum atomic E-state index is 2.36. The van der Waals surface area contributed by atoms with Crippen LogP contribution in [0.1, 0.15) is 0 Å².